The summed E-state index contributed by atoms with van der Waals surface area (Å²) < 4.78 is 1.33. The zero-order valence-corrected chi connectivity index (χ0v) is 11.8. The highest BCUT2D eigenvalue weighted by molar-refractivity contribution is 9.10. The molecule has 2 aliphatic rings. The van der Waals surface area contributed by atoms with E-state index in [0.717, 1.165) is 17.9 Å². The van der Waals surface area contributed by atoms with Crippen molar-refractivity contribution in [2.45, 2.75) is 44.1 Å². The lowest BCUT2D eigenvalue weighted by molar-refractivity contribution is 0.442. The van der Waals surface area contributed by atoms with Crippen molar-refractivity contribution in [3.8, 4) is 0 Å². The van der Waals surface area contributed by atoms with Gasteiger partial charge in [0.15, 0.2) is 0 Å². The molecule has 0 radical (unpaired) electrons. The van der Waals surface area contributed by atoms with E-state index in [1.54, 1.807) is 5.56 Å². The van der Waals surface area contributed by atoms with Gasteiger partial charge in [-0.05, 0) is 70.9 Å². The van der Waals surface area contributed by atoms with Crippen LogP contribution in [0.15, 0.2) is 15.2 Å². The fourth-order valence-corrected chi connectivity index (χ4v) is 4.51. The highest BCUT2D eigenvalue weighted by Crippen LogP contribution is 2.43. The van der Waals surface area contributed by atoms with Crippen molar-refractivity contribution in [3.63, 3.8) is 0 Å². The average Bonchev–Trinajstić information content (AvgIpc) is 2.83. The van der Waals surface area contributed by atoms with Crippen LogP contribution in [-0.2, 0) is 0 Å². The summed E-state index contributed by atoms with van der Waals surface area (Å²) >= 11 is 5.51. The predicted molar refractivity (Wildman–Crippen MR) is 73.1 cm³/mol. The number of hydrogen-bond donors (Lipinski definition) is 1. The molecule has 2 atom stereocenters. The molecule has 88 valence electrons. The van der Waals surface area contributed by atoms with E-state index >= 15 is 0 Å². The summed E-state index contributed by atoms with van der Waals surface area (Å²) in [7, 11) is 0. The molecule has 0 amide bonds. The van der Waals surface area contributed by atoms with Gasteiger partial charge in [0, 0.05) is 15.9 Å². The van der Waals surface area contributed by atoms with E-state index in [9.17, 15) is 0 Å². The molecule has 2 unspecified atom stereocenters. The topological polar surface area (TPSA) is 12.0 Å². The molecule has 2 saturated carbocycles. The standard InChI is InChI=1S/C13H18BrNS/c14-13-8-16-7-12(13)11-3-1-2-9(11)6-15-10-4-5-10/h7-11,15H,1-6H2. The highest BCUT2D eigenvalue weighted by Gasteiger charge is 2.31. The molecule has 1 N–H and O–H groups in total. The van der Waals surface area contributed by atoms with E-state index in [4.69, 9.17) is 0 Å². The van der Waals surface area contributed by atoms with Crippen LogP contribution < -0.4 is 5.32 Å². The first kappa shape index (κ1) is 11.2. The Morgan fingerprint density at radius 3 is 2.81 bits per heavy atom. The van der Waals surface area contributed by atoms with Gasteiger partial charge in [0.25, 0.3) is 0 Å². The molecule has 0 bridgehead atoms. The minimum absolute atomic E-state index is 0.798. The van der Waals surface area contributed by atoms with Crippen LogP contribution in [0.2, 0.25) is 0 Å². The Bertz CT molecular complexity index is 359. The lowest BCUT2D eigenvalue weighted by atomic mass is 9.90. The van der Waals surface area contributed by atoms with E-state index in [1.807, 2.05) is 11.3 Å². The molecule has 1 aromatic rings. The lowest BCUT2D eigenvalue weighted by Crippen LogP contribution is -2.26. The van der Waals surface area contributed by atoms with E-state index in [-0.39, 0.29) is 0 Å². The third-order valence-electron chi connectivity index (χ3n) is 3.95. The maximum absolute atomic E-state index is 3.70. The van der Waals surface area contributed by atoms with Gasteiger partial charge < -0.3 is 5.32 Å². The minimum Gasteiger partial charge on any atom is -0.314 e. The first-order valence-electron chi connectivity index (χ1n) is 6.29. The quantitative estimate of drug-likeness (QED) is 0.881. The first-order chi connectivity index (χ1) is 7.84. The molecule has 0 aromatic carbocycles. The number of thiophene rings is 1. The normalized spacial score (nSPS) is 29.8. The number of hydrogen-bond acceptors (Lipinski definition) is 2. The van der Waals surface area contributed by atoms with Crippen molar-refractivity contribution < 1.29 is 0 Å². The fraction of sp³-hybridized carbons (Fsp3) is 0.692. The molecule has 1 heterocycles. The molecule has 0 saturated heterocycles. The van der Waals surface area contributed by atoms with Crippen LogP contribution >= 0.6 is 27.3 Å². The molecule has 0 aliphatic heterocycles. The lowest BCUT2D eigenvalue weighted by Gasteiger charge is -2.20. The number of nitrogens with one attached hydrogen (secondary N) is 1. The molecule has 3 heteroatoms. The van der Waals surface area contributed by atoms with Crippen LogP contribution in [0.5, 0.6) is 0 Å². The molecule has 3 rings (SSSR count). The molecule has 1 aromatic heterocycles. The summed E-state index contributed by atoms with van der Waals surface area (Å²) in [5.41, 5.74) is 1.56. The first-order valence-corrected chi connectivity index (χ1v) is 8.03. The highest BCUT2D eigenvalue weighted by atomic mass is 79.9. The molecule has 1 nitrogen and oxygen atoms in total. The summed E-state index contributed by atoms with van der Waals surface area (Å²) in [5, 5.41) is 8.26. The van der Waals surface area contributed by atoms with Gasteiger partial charge in [0.05, 0.1) is 0 Å². The van der Waals surface area contributed by atoms with E-state index < -0.39 is 0 Å². The molecule has 16 heavy (non-hydrogen) atoms. The third-order valence-corrected chi connectivity index (χ3v) is 5.70. The minimum atomic E-state index is 0.798. The Kier molecular flexibility index (Phi) is 3.37. The van der Waals surface area contributed by atoms with Crippen LogP contribution in [0.1, 0.15) is 43.6 Å². The van der Waals surface area contributed by atoms with Gasteiger partial charge >= 0.3 is 0 Å². The van der Waals surface area contributed by atoms with Crippen molar-refractivity contribution in [1.29, 1.82) is 0 Å². The maximum atomic E-state index is 3.70. The van der Waals surface area contributed by atoms with E-state index in [0.29, 0.717) is 0 Å². The van der Waals surface area contributed by atoms with E-state index in [1.165, 1.54) is 43.1 Å². The molecule has 2 fully saturated rings. The van der Waals surface area contributed by atoms with Gasteiger partial charge in [0.2, 0.25) is 0 Å². The third kappa shape index (κ3) is 2.36. The van der Waals surface area contributed by atoms with Crippen molar-refractivity contribution in [1.82, 2.24) is 5.32 Å². The summed E-state index contributed by atoms with van der Waals surface area (Å²) in [5.74, 6) is 1.67. The smallest absolute Gasteiger partial charge is 0.0317 e. The number of rotatable bonds is 4. The van der Waals surface area contributed by atoms with Crippen LogP contribution in [0.3, 0.4) is 0 Å². The average molecular weight is 300 g/mol. The van der Waals surface area contributed by atoms with Crippen molar-refractivity contribution in [2.24, 2.45) is 5.92 Å². The maximum Gasteiger partial charge on any atom is 0.0317 e. The largest absolute Gasteiger partial charge is 0.314 e. The van der Waals surface area contributed by atoms with Crippen LogP contribution in [0.4, 0.5) is 0 Å². The Morgan fingerprint density at radius 2 is 2.12 bits per heavy atom. The van der Waals surface area contributed by atoms with Gasteiger partial charge in [0.1, 0.15) is 0 Å². The summed E-state index contributed by atoms with van der Waals surface area (Å²) in [4.78, 5) is 0. The second-order valence-electron chi connectivity index (χ2n) is 5.16. The van der Waals surface area contributed by atoms with Gasteiger partial charge in [-0.3, -0.25) is 0 Å². The second-order valence-corrected chi connectivity index (χ2v) is 6.75. The van der Waals surface area contributed by atoms with Crippen molar-refractivity contribution in [2.75, 3.05) is 6.54 Å². The van der Waals surface area contributed by atoms with Crippen molar-refractivity contribution in [3.05, 3.63) is 20.8 Å². The summed E-state index contributed by atoms with van der Waals surface area (Å²) in [6.07, 6.45) is 7.00. The monoisotopic (exact) mass is 299 g/mol. The van der Waals surface area contributed by atoms with Gasteiger partial charge in [-0.1, -0.05) is 6.42 Å². The van der Waals surface area contributed by atoms with E-state index in [2.05, 4.69) is 32.0 Å². The fourth-order valence-electron chi connectivity index (χ4n) is 2.85. The zero-order valence-electron chi connectivity index (χ0n) is 9.42. The van der Waals surface area contributed by atoms with Crippen LogP contribution in [0.25, 0.3) is 0 Å². The molecule has 0 spiro atoms. The van der Waals surface area contributed by atoms with Crippen LogP contribution in [-0.4, -0.2) is 12.6 Å². The predicted octanol–water partition coefficient (Wildman–Crippen LogP) is 4.15. The second kappa shape index (κ2) is 4.79. The number of halogens is 1. The Balaban J connectivity index is 1.66. The van der Waals surface area contributed by atoms with Crippen LogP contribution in [0, 0.1) is 5.92 Å². The van der Waals surface area contributed by atoms with Gasteiger partial charge in [-0.15, -0.1) is 0 Å². The Labute approximate surface area is 110 Å². The van der Waals surface area contributed by atoms with Gasteiger partial charge in [-0.25, -0.2) is 0 Å². The zero-order chi connectivity index (χ0) is 11.0. The molecule has 2 aliphatic carbocycles. The Hall–Kier alpha value is 0.140. The SMILES string of the molecule is Brc1cscc1C1CCCC1CNC1CC1. The summed E-state index contributed by atoms with van der Waals surface area (Å²) in [6.45, 7) is 1.23. The Morgan fingerprint density at radius 1 is 1.25 bits per heavy atom. The van der Waals surface area contributed by atoms with Crippen molar-refractivity contribution >= 4 is 27.3 Å². The molecular formula is C13H18BrNS. The summed E-state index contributed by atoms with van der Waals surface area (Å²) in [6, 6.07) is 0.854. The van der Waals surface area contributed by atoms with Gasteiger partial charge in [-0.2, -0.15) is 11.3 Å². The molecular weight excluding hydrogens is 282 g/mol.